The maximum Gasteiger partial charge on any atom is 0.503 e. The summed E-state index contributed by atoms with van der Waals surface area (Å²) in [4.78, 5) is 7.19. The Morgan fingerprint density at radius 1 is 1.35 bits per heavy atom. The summed E-state index contributed by atoms with van der Waals surface area (Å²) in [5.41, 5.74) is -4.48. The molecular weight excluding hydrogens is 259 g/mol. The molecule has 1 aromatic rings. The first kappa shape index (κ1) is 10.5. The molecule has 2 aliphatic rings. The molecule has 0 aromatic carbocycles. The van der Waals surface area contributed by atoms with Crippen molar-refractivity contribution < 1.29 is 21.6 Å². The van der Waals surface area contributed by atoms with Crippen LogP contribution < -0.4 is 0 Å². The van der Waals surface area contributed by atoms with Crippen LogP contribution in [0.1, 0.15) is 12.1 Å². The molecule has 2 bridgehead atoms. The summed E-state index contributed by atoms with van der Waals surface area (Å²) in [5, 5.41) is -0.966. The molecule has 17 heavy (non-hydrogen) atoms. The van der Waals surface area contributed by atoms with E-state index in [1.54, 1.807) is 0 Å². The number of sulfone groups is 1. The molecule has 0 amide bonds. The lowest BCUT2D eigenvalue weighted by Gasteiger charge is -2.07. The Hall–Kier alpha value is -1.64. The number of imidazole rings is 1. The third-order valence-corrected chi connectivity index (χ3v) is 4.01. The van der Waals surface area contributed by atoms with Gasteiger partial charge in [-0.2, -0.15) is 13.2 Å². The first-order chi connectivity index (χ1) is 7.82. The summed E-state index contributed by atoms with van der Waals surface area (Å²) >= 11 is 0. The van der Waals surface area contributed by atoms with Crippen LogP contribution >= 0.6 is 0 Å². The van der Waals surface area contributed by atoms with E-state index in [-0.39, 0.29) is 5.69 Å². The highest BCUT2D eigenvalue weighted by Crippen LogP contribution is 2.38. The lowest BCUT2D eigenvalue weighted by molar-refractivity contribution is -0.0438. The van der Waals surface area contributed by atoms with Crippen molar-refractivity contribution in [3.8, 4) is 0 Å². The van der Waals surface area contributed by atoms with Crippen LogP contribution in [0.5, 0.6) is 0 Å². The van der Waals surface area contributed by atoms with E-state index in [1.165, 1.54) is 10.8 Å². The van der Waals surface area contributed by atoms with Gasteiger partial charge in [0.25, 0.3) is 9.84 Å². The highest BCUT2D eigenvalue weighted by atomic mass is 32.2. The maximum atomic E-state index is 12.4. The second-order valence-electron chi connectivity index (χ2n) is 3.59. The number of alkyl halides is 3. The first-order valence-corrected chi connectivity index (χ1v) is 5.96. The zero-order valence-corrected chi connectivity index (χ0v) is 8.88. The van der Waals surface area contributed by atoms with Crippen LogP contribution in [0.2, 0.25) is 0 Å². The third-order valence-electron chi connectivity index (χ3n) is 2.59. The fourth-order valence-electron chi connectivity index (χ4n) is 1.83. The van der Waals surface area contributed by atoms with Gasteiger partial charge in [-0.1, -0.05) is 0 Å². The fraction of sp³-hybridized carbons (Fsp3) is 0.250. The fourth-order valence-corrected chi connectivity index (χ4v) is 2.70. The Labute approximate surface area is 93.2 Å². The van der Waals surface area contributed by atoms with Gasteiger partial charge < -0.3 is 0 Å². The summed E-state index contributed by atoms with van der Waals surface area (Å²) in [6.07, 6.45) is 2.90. The average molecular weight is 263 g/mol. The summed E-state index contributed by atoms with van der Waals surface area (Å²) < 4.78 is 61.1. The number of fused-ring (bicyclic) bond motifs is 5. The van der Waals surface area contributed by atoms with Crippen molar-refractivity contribution in [1.29, 1.82) is 0 Å². The van der Waals surface area contributed by atoms with Crippen LogP contribution in [-0.2, 0) is 9.84 Å². The molecule has 0 saturated carbocycles. The number of rotatable bonds is 1. The quantitative estimate of drug-likeness (QED) is 0.764. The Morgan fingerprint density at radius 3 is 2.71 bits per heavy atom. The zero-order chi connectivity index (χ0) is 12.4. The number of hydrogen-bond acceptors (Lipinski definition) is 4. The van der Waals surface area contributed by atoms with Gasteiger partial charge in [0.05, 0.1) is 5.71 Å². The number of aliphatic imine (C=N–C) groups is 1. The molecule has 0 radical (unpaired) electrons. The van der Waals surface area contributed by atoms with Crippen molar-refractivity contribution in [3.63, 3.8) is 0 Å². The lowest BCUT2D eigenvalue weighted by atomic mass is 10.3. The molecule has 9 heteroatoms. The first-order valence-electron chi connectivity index (χ1n) is 4.47. The van der Waals surface area contributed by atoms with Gasteiger partial charge in [0.15, 0.2) is 5.03 Å². The lowest BCUT2D eigenvalue weighted by Crippen LogP contribution is -2.25. The second kappa shape index (κ2) is 2.78. The minimum atomic E-state index is -5.42. The molecule has 0 spiro atoms. The summed E-state index contributed by atoms with van der Waals surface area (Å²) in [6.45, 7) is 0. The van der Waals surface area contributed by atoms with E-state index in [4.69, 9.17) is 0 Å². The molecule has 0 aliphatic carbocycles. The van der Waals surface area contributed by atoms with Gasteiger partial charge in [-0.25, -0.2) is 13.4 Å². The number of aromatic nitrogens is 2. The predicted octanol–water partition coefficient (Wildman–Crippen LogP) is 1.18. The molecule has 0 atom stereocenters. The summed E-state index contributed by atoms with van der Waals surface area (Å²) in [7, 11) is -5.42. The molecule has 0 saturated heterocycles. The predicted molar refractivity (Wildman–Crippen MR) is 50.9 cm³/mol. The van der Waals surface area contributed by atoms with E-state index in [9.17, 15) is 21.6 Å². The monoisotopic (exact) mass is 263 g/mol. The molecule has 3 heterocycles. The van der Waals surface area contributed by atoms with Crippen molar-refractivity contribution in [1.82, 2.24) is 9.55 Å². The van der Waals surface area contributed by atoms with Crippen LogP contribution in [-0.4, -0.2) is 29.2 Å². The average Bonchev–Trinajstić information content (AvgIpc) is 2.88. The Bertz CT molecular complexity index is 681. The number of nitrogens with zero attached hydrogens (tertiary/aromatic N) is 3. The standard InChI is InChI=1S/C8H4F3N3O2S/c9-8(10,11)17(15,16)7-6-5-1-4(2-12-5)14(6)3-13-7/h2-3H,1H2. The smallest absolute Gasteiger partial charge is 0.298 e. The Kier molecular flexibility index (Phi) is 1.72. The Morgan fingerprint density at radius 2 is 2.06 bits per heavy atom. The maximum absolute atomic E-state index is 12.4. The van der Waals surface area contributed by atoms with Crippen LogP contribution in [0.25, 0.3) is 5.70 Å². The highest BCUT2D eigenvalue weighted by Gasteiger charge is 2.51. The Balaban J connectivity index is 2.25. The van der Waals surface area contributed by atoms with Gasteiger partial charge in [-0.3, -0.25) is 9.56 Å². The molecule has 90 valence electrons. The molecule has 1 aromatic heterocycles. The molecule has 3 rings (SSSR count). The second-order valence-corrected chi connectivity index (χ2v) is 5.45. The van der Waals surface area contributed by atoms with E-state index in [1.807, 2.05) is 0 Å². The highest BCUT2D eigenvalue weighted by molar-refractivity contribution is 7.92. The molecule has 0 N–H and O–H groups in total. The SMILES string of the molecule is O=S(=O)(c1ncn2c1C1=NC=C2C1)C(F)(F)F. The summed E-state index contributed by atoms with van der Waals surface area (Å²) in [6, 6.07) is 0. The van der Waals surface area contributed by atoms with Crippen LogP contribution in [0.15, 0.2) is 22.5 Å². The van der Waals surface area contributed by atoms with E-state index >= 15 is 0 Å². The number of allylic oxidation sites excluding steroid dienone is 1. The molecule has 5 nitrogen and oxygen atoms in total. The van der Waals surface area contributed by atoms with E-state index in [0.29, 0.717) is 17.8 Å². The minimum absolute atomic E-state index is 0.0696. The van der Waals surface area contributed by atoms with Crippen molar-refractivity contribution in [3.05, 3.63) is 18.2 Å². The van der Waals surface area contributed by atoms with Crippen LogP contribution in [0.3, 0.4) is 0 Å². The van der Waals surface area contributed by atoms with Crippen LogP contribution in [0, 0.1) is 0 Å². The molecule has 0 fully saturated rings. The molecule has 0 unspecified atom stereocenters. The molecular formula is C8H4F3N3O2S. The minimum Gasteiger partial charge on any atom is -0.298 e. The zero-order valence-electron chi connectivity index (χ0n) is 8.06. The van der Waals surface area contributed by atoms with Crippen molar-refractivity contribution >= 4 is 21.2 Å². The van der Waals surface area contributed by atoms with Gasteiger partial charge >= 0.3 is 5.51 Å². The van der Waals surface area contributed by atoms with E-state index in [0.717, 1.165) is 6.33 Å². The summed E-state index contributed by atoms with van der Waals surface area (Å²) in [5.74, 6) is 0. The normalized spacial score (nSPS) is 18.1. The molecule has 2 aliphatic heterocycles. The van der Waals surface area contributed by atoms with Crippen molar-refractivity contribution in [2.45, 2.75) is 17.0 Å². The third kappa shape index (κ3) is 1.17. The van der Waals surface area contributed by atoms with Gasteiger partial charge in [0, 0.05) is 18.3 Å². The van der Waals surface area contributed by atoms with Gasteiger partial charge in [-0.15, -0.1) is 0 Å². The van der Waals surface area contributed by atoms with E-state index in [2.05, 4.69) is 9.98 Å². The van der Waals surface area contributed by atoms with Crippen molar-refractivity contribution in [2.75, 3.05) is 0 Å². The van der Waals surface area contributed by atoms with Gasteiger partial charge in [0.1, 0.15) is 12.0 Å². The van der Waals surface area contributed by atoms with Crippen LogP contribution in [0.4, 0.5) is 13.2 Å². The number of hydrogen-bond donors (Lipinski definition) is 0. The van der Waals surface area contributed by atoms with E-state index < -0.39 is 20.4 Å². The topological polar surface area (TPSA) is 64.3 Å². The van der Waals surface area contributed by atoms with Gasteiger partial charge in [0.2, 0.25) is 0 Å². The van der Waals surface area contributed by atoms with Gasteiger partial charge in [-0.05, 0) is 0 Å². The largest absolute Gasteiger partial charge is 0.503 e. The van der Waals surface area contributed by atoms with Crippen molar-refractivity contribution in [2.24, 2.45) is 4.99 Å². The number of halogens is 3.